The Morgan fingerprint density at radius 3 is 2.50 bits per heavy atom. The second kappa shape index (κ2) is 7.12. The maximum absolute atomic E-state index is 11.6. The lowest BCUT2D eigenvalue weighted by atomic mass is 10.1. The second-order valence-corrected chi connectivity index (χ2v) is 6.19. The molecule has 0 aromatic heterocycles. The SMILES string of the molecule is O=C(O)[C@H](Cc1ccc(Cl)c(Cl)c1)Oc1cccc2ccccc12. The molecule has 0 aliphatic rings. The van der Waals surface area contributed by atoms with Crippen molar-refractivity contribution in [3.05, 3.63) is 76.3 Å². The number of ether oxygens (including phenoxy) is 1. The maximum Gasteiger partial charge on any atom is 0.345 e. The molecule has 3 aromatic rings. The van der Waals surface area contributed by atoms with Crippen molar-refractivity contribution in [2.45, 2.75) is 12.5 Å². The molecule has 0 amide bonds. The molecular weight excluding hydrogens is 347 g/mol. The zero-order valence-electron chi connectivity index (χ0n) is 12.6. The molecule has 122 valence electrons. The summed E-state index contributed by atoms with van der Waals surface area (Å²) in [5.74, 6) is -0.491. The average molecular weight is 361 g/mol. The van der Waals surface area contributed by atoms with Gasteiger partial charge in [-0.05, 0) is 29.1 Å². The molecule has 1 atom stereocenters. The van der Waals surface area contributed by atoms with E-state index < -0.39 is 12.1 Å². The Hall–Kier alpha value is -2.23. The summed E-state index contributed by atoms with van der Waals surface area (Å²) in [6.07, 6.45) is -0.830. The third-order valence-corrected chi connectivity index (χ3v) is 4.44. The molecule has 5 heteroatoms. The van der Waals surface area contributed by atoms with Gasteiger partial charge in [0.2, 0.25) is 0 Å². The second-order valence-electron chi connectivity index (χ2n) is 5.37. The smallest absolute Gasteiger partial charge is 0.345 e. The van der Waals surface area contributed by atoms with Gasteiger partial charge in [-0.15, -0.1) is 0 Å². The molecule has 0 fully saturated rings. The number of hydrogen-bond donors (Lipinski definition) is 1. The molecule has 0 aliphatic carbocycles. The van der Waals surface area contributed by atoms with Gasteiger partial charge in [0.25, 0.3) is 0 Å². The van der Waals surface area contributed by atoms with Gasteiger partial charge >= 0.3 is 5.97 Å². The molecule has 0 saturated carbocycles. The number of carboxylic acid groups (broad SMARTS) is 1. The van der Waals surface area contributed by atoms with Gasteiger partial charge < -0.3 is 9.84 Å². The lowest BCUT2D eigenvalue weighted by Crippen LogP contribution is -2.29. The maximum atomic E-state index is 11.6. The molecule has 0 saturated heterocycles. The molecule has 3 aromatic carbocycles. The van der Waals surface area contributed by atoms with Crippen LogP contribution in [-0.2, 0) is 11.2 Å². The Morgan fingerprint density at radius 1 is 1.00 bits per heavy atom. The summed E-state index contributed by atoms with van der Waals surface area (Å²) >= 11 is 11.9. The van der Waals surface area contributed by atoms with Crippen LogP contribution in [-0.4, -0.2) is 17.2 Å². The molecule has 3 nitrogen and oxygen atoms in total. The quantitative estimate of drug-likeness (QED) is 0.678. The van der Waals surface area contributed by atoms with E-state index in [2.05, 4.69) is 0 Å². The van der Waals surface area contributed by atoms with Crippen LogP contribution >= 0.6 is 23.2 Å². The summed E-state index contributed by atoms with van der Waals surface area (Å²) in [6.45, 7) is 0. The van der Waals surface area contributed by atoms with Gasteiger partial charge in [-0.25, -0.2) is 4.79 Å². The van der Waals surface area contributed by atoms with Crippen LogP contribution in [0, 0.1) is 0 Å². The molecule has 0 bridgehead atoms. The molecule has 0 heterocycles. The fourth-order valence-corrected chi connectivity index (χ4v) is 2.83. The van der Waals surface area contributed by atoms with Crippen LogP contribution in [0.15, 0.2) is 60.7 Å². The van der Waals surface area contributed by atoms with E-state index in [9.17, 15) is 9.90 Å². The van der Waals surface area contributed by atoms with Gasteiger partial charge in [0.1, 0.15) is 5.75 Å². The van der Waals surface area contributed by atoms with Crippen LogP contribution in [0.5, 0.6) is 5.75 Å². The number of aliphatic carboxylic acids is 1. The van der Waals surface area contributed by atoms with Crippen LogP contribution < -0.4 is 4.74 Å². The Bertz CT molecular complexity index is 887. The average Bonchev–Trinajstić information content (AvgIpc) is 2.57. The van der Waals surface area contributed by atoms with Gasteiger partial charge in [0.15, 0.2) is 6.10 Å². The van der Waals surface area contributed by atoms with Gasteiger partial charge in [0, 0.05) is 11.8 Å². The highest BCUT2D eigenvalue weighted by atomic mass is 35.5. The van der Waals surface area contributed by atoms with Crippen LogP contribution in [0.3, 0.4) is 0 Å². The Labute approximate surface area is 149 Å². The van der Waals surface area contributed by atoms with Gasteiger partial charge in [0.05, 0.1) is 10.0 Å². The molecule has 24 heavy (non-hydrogen) atoms. The lowest BCUT2D eigenvalue weighted by Gasteiger charge is -2.17. The van der Waals surface area contributed by atoms with E-state index in [1.165, 1.54) is 0 Å². The van der Waals surface area contributed by atoms with Gasteiger partial charge in [-0.2, -0.15) is 0 Å². The number of hydrogen-bond acceptors (Lipinski definition) is 2. The fourth-order valence-electron chi connectivity index (χ4n) is 2.51. The summed E-state index contributed by atoms with van der Waals surface area (Å²) in [7, 11) is 0. The number of carboxylic acids is 1. The first-order valence-corrected chi connectivity index (χ1v) is 8.11. The molecular formula is C19H14Cl2O3. The Balaban J connectivity index is 1.88. The van der Waals surface area contributed by atoms with E-state index >= 15 is 0 Å². The van der Waals surface area contributed by atoms with E-state index in [4.69, 9.17) is 27.9 Å². The van der Waals surface area contributed by atoms with Crippen LogP contribution in [0.25, 0.3) is 10.8 Å². The van der Waals surface area contributed by atoms with Crippen LogP contribution in [0.1, 0.15) is 5.56 Å². The number of fused-ring (bicyclic) bond motifs is 1. The normalized spacial score (nSPS) is 12.1. The summed E-state index contributed by atoms with van der Waals surface area (Å²) in [4.78, 5) is 11.6. The number of rotatable bonds is 5. The van der Waals surface area contributed by atoms with Crippen molar-refractivity contribution in [3.8, 4) is 5.75 Å². The predicted molar refractivity (Wildman–Crippen MR) is 96.2 cm³/mol. The highest BCUT2D eigenvalue weighted by molar-refractivity contribution is 6.42. The third kappa shape index (κ3) is 3.64. The molecule has 3 rings (SSSR count). The van der Waals surface area contributed by atoms with E-state index in [1.807, 2.05) is 36.4 Å². The molecule has 0 radical (unpaired) electrons. The van der Waals surface area contributed by atoms with Gasteiger partial charge in [-0.3, -0.25) is 0 Å². The van der Waals surface area contributed by atoms with Crippen molar-refractivity contribution in [2.24, 2.45) is 0 Å². The van der Waals surface area contributed by atoms with Crippen molar-refractivity contribution in [3.63, 3.8) is 0 Å². The lowest BCUT2D eigenvalue weighted by molar-refractivity contribution is -0.144. The van der Waals surface area contributed by atoms with Crippen molar-refractivity contribution >= 4 is 39.9 Å². The minimum absolute atomic E-state index is 0.190. The van der Waals surface area contributed by atoms with Gasteiger partial charge in [-0.1, -0.05) is 65.7 Å². The predicted octanol–water partition coefficient (Wildman–Crippen LogP) is 5.22. The number of carbonyl (C=O) groups is 1. The summed E-state index contributed by atoms with van der Waals surface area (Å²) in [6, 6.07) is 18.3. The molecule has 0 aliphatic heterocycles. The molecule has 0 unspecified atom stereocenters. The first-order valence-electron chi connectivity index (χ1n) is 7.36. The van der Waals surface area contributed by atoms with Crippen molar-refractivity contribution in [2.75, 3.05) is 0 Å². The minimum Gasteiger partial charge on any atom is -0.478 e. The van der Waals surface area contributed by atoms with Crippen molar-refractivity contribution in [1.29, 1.82) is 0 Å². The van der Waals surface area contributed by atoms with E-state index in [0.29, 0.717) is 15.8 Å². The van der Waals surface area contributed by atoms with Crippen molar-refractivity contribution in [1.82, 2.24) is 0 Å². The molecule has 1 N–H and O–H groups in total. The zero-order valence-corrected chi connectivity index (χ0v) is 14.1. The fraction of sp³-hybridized carbons (Fsp3) is 0.105. The Kier molecular flexibility index (Phi) is 4.93. The zero-order chi connectivity index (χ0) is 17.1. The van der Waals surface area contributed by atoms with E-state index in [0.717, 1.165) is 16.3 Å². The third-order valence-electron chi connectivity index (χ3n) is 3.70. The minimum atomic E-state index is -1.03. The number of benzene rings is 3. The summed E-state index contributed by atoms with van der Waals surface area (Å²) in [5.41, 5.74) is 0.747. The largest absolute Gasteiger partial charge is 0.478 e. The monoisotopic (exact) mass is 360 g/mol. The van der Waals surface area contributed by atoms with E-state index in [-0.39, 0.29) is 6.42 Å². The Morgan fingerprint density at radius 2 is 1.75 bits per heavy atom. The standard InChI is InChI=1S/C19H14Cl2O3/c20-15-9-8-12(10-16(15)21)11-18(19(22)23)24-17-7-3-5-13-4-1-2-6-14(13)17/h1-10,18H,11H2,(H,22,23)/t18-/m0/s1. The molecule has 0 spiro atoms. The summed E-state index contributed by atoms with van der Waals surface area (Å²) < 4.78 is 5.79. The first kappa shape index (κ1) is 16.6. The van der Waals surface area contributed by atoms with Crippen LogP contribution in [0.4, 0.5) is 0 Å². The highest BCUT2D eigenvalue weighted by Crippen LogP contribution is 2.28. The van der Waals surface area contributed by atoms with Crippen molar-refractivity contribution < 1.29 is 14.6 Å². The number of halogens is 2. The van der Waals surface area contributed by atoms with E-state index in [1.54, 1.807) is 24.3 Å². The van der Waals surface area contributed by atoms with Crippen LogP contribution in [0.2, 0.25) is 10.0 Å². The summed E-state index contributed by atoms with van der Waals surface area (Å²) in [5, 5.41) is 12.2. The highest BCUT2D eigenvalue weighted by Gasteiger charge is 2.21. The first-order chi connectivity index (χ1) is 11.5. The topological polar surface area (TPSA) is 46.5 Å².